The number of hydrogen-bond donors (Lipinski definition) is 1. The summed E-state index contributed by atoms with van der Waals surface area (Å²) in [6, 6.07) is 7.66. The van der Waals surface area contributed by atoms with Crippen molar-refractivity contribution in [2.24, 2.45) is 0 Å². The van der Waals surface area contributed by atoms with Gasteiger partial charge in [-0.05, 0) is 49.4 Å². The average Bonchev–Trinajstić information content (AvgIpc) is 2.77. The number of benzene rings is 1. The van der Waals surface area contributed by atoms with Gasteiger partial charge in [-0.25, -0.2) is 0 Å². The van der Waals surface area contributed by atoms with E-state index >= 15 is 0 Å². The van der Waals surface area contributed by atoms with Gasteiger partial charge in [0.05, 0.1) is 4.91 Å². The van der Waals surface area contributed by atoms with Crippen molar-refractivity contribution in [1.29, 1.82) is 0 Å². The van der Waals surface area contributed by atoms with Crippen LogP contribution in [-0.4, -0.2) is 46.8 Å². The van der Waals surface area contributed by atoms with Crippen LogP contribution in [0.5, 0.6) is 0 Å². The summed E-state index contributed by atoms with van der Waals surface area (Å²) in [5.41, 5.74) is 1.88. The van der Waals surface area contributed by atoms with E-state index in [0.29, 0.717) is 0 Å². The molecule has 0 spiro atoms. The molecule has 1 aromatic carbocycles. The molecular formula is C16H18N2O4S. The van der Waals surface area contributed by atoms with Crippen LogP contribution in [0.3, 0.4) is 0 Å². The molecule has 0 bridgehead atoms. The Bertz CT molecular complexity index is 651. The predicted octanol–water partition coefficient (Wildman–Crippen LogP) is 2.65. The number of imide groups is 1. The van der Waals surface area contributed by atoms with E-state index in [2.05, 4.69) is 18.7 Å². The molecule has 7 heteroatoms. The fourth-order valence-corrected chi connectivity index (χ4v) is 3.13. The van der Waals surface area contributed by atoms with E-state index in [9.17, 15) is 14.4 Å². The van der Waals surface area contributed by atoms with Gasteiger partial charge in [0.2, 0.25) is 0 Å². The van der Waals surface area contributed by atoms with Crippen molar-refractivity contribution in [2.45, 2.75) is 13.8 Å². The lowest BCUT2D eigenvalue weighted by Gasteiger charge is -2.20. The number of anilines is 1. The second kappa shape index (κ2) is 7.32. The molecule has 0 aliphatic carbocycles. The zero-order valence-corrected chi connectivity index (χ0v) is 13.8. The molecule has 0 unspecified atom stereocenters. The number of carboxylic acid groups (broad SMARTS) is 1. The molecule has 6 nitrogen and oxygen atoms in total. The summed E-state index contributed by atoms with van der Waals surface area (Å²) in [7, 11) is 0. The quantitative estimate of drug-likeness (QED) is 0.806. The van der Waals surface area contributed by atoms with Crippen LogP contribution in [0.2, 0.25) is 0 Å². The molecule has 122 valence electrons. The molecule has 1 fully saturated rings. The fraction of sp³-hybridized carbons (Fsp3) is 0.312. The Hall–Kier alpha value is -2.28. The van der Waals surface area contributed by atoms with E-state index < -0.39 is 23.7 Å². The molecule has 1 N–H and O–H groups in total. The minimum absolute atomic E-state index is 0.242. The third kappa shape index (κ3) is 3.92. The van der Waals surface area contributed by atoms with Crippen LogP contribution in [0, 0.1) is 0 Å². The Morgan fingerprint density at radius 1 is 1.22 bits per heavy atom. The number of hydrogen-bond acceptors (Lipinski definition) is 5. The first kappa shape index (κ1) is 17.1. The number of rotatable bonds is 6. The van der Waals surface area contributed by atoms with Crippen molar-refractivity contribution < 1.29 is 19.5 Å². The van der Waals surface area contributed by atoms with E-state index in [1.165, 1.54) is 0 Å². The highest BCUT2D eigenvalue weighted by Gasteiger charge is 2.36. The smallest absolute Gasteiger partial charge is 0.323 e. The summed E-state index contributed by atoms with van der Waals surface area (Å²) in [4.78, 5) is 37.6. The lowest BCUT2D eigenvalue weighted by Crippen LogP contribution is -2.33. The summed E-state index contributed by atoms with van der Waals surface area (Å²) >= 11 is 0.763. The summed E-state index contributed by atoms with van der Waals surface area (Å²) in [6.07, 6.45) is 1.61. The maximum atomic E-state index is 12.1. The molecule has 0 radical (unpaired) electrons. The Morgan fingerprint density at radius 3 is 2.35 bits per heavy atom. The second-order valence-corrected chi connectivity index (χ2v) is 5.92. The van der Waals surface area contributed by atoms with Crippen molar-refractivity contribution in [3.8, 4) is 0 Å². The zero-order valence-electron chi connectivity index (χ0n) is 13.0. The minimum Gasteiger partial charge on any atom is -0.480 e. The molecular weight excluding hydrogens is 316 g/mol. The monoisotopic (exact) mass is 334 g/mol. The van der Waals surface area contributed by atoms with Crippen molar-refractivity contribution in [1.82, 2.24) is 4.90 Å². The minimum atomic E-state index is -1.21. The first-order chi connectivity index (χ1) is 11.0. The lowest BCUT2D eigenvalue weighted by atomic mass is 10.1. The largest absolute Gasteiger partial charge is 0.480 e. The van der Waals surface area contributed by atoms with Gasteiger partial charge in [0.15, 0.2) is 0 Å². The summed E-state index contributed by atoms with van der Waals surface area (Å²) in [5, 5.41) is 8.18. The molecule has 1 heterocycles. The predicted molar refractivity (Wildman–Crippen MR) is 90.3 cm³/mol. The maximum Gasteiger partial charge on any atom is 0.323 e. The molecule has 2 rings (SSSR count). The molecule has 1 aliphatic heterocycles. The SMILES string of the molecule is CCN(CC)c1ccc(/C=C2/SC(=O)N(CC(=O)O)C2=O)cc1. The van der Waals surface area contributed by atoms with Gasteiger partial charge < -0.3 is 10.0 Å². The van der Waals surface area contributed by atoms with Gasteiger partial charge >= 0.3 is 5.97 Å². The molecule has 2 amide bonds. The van der Waals surface area contributed by atoms with Crippen molar-refractivity contribution in [3.63, 3.8) is 0 Å². The van der Waals surface area contributed by atoms with Gasteiger partial charge in [-0.2, -0.15) is 0 Å². The van der Waals surface area contributed by atoms with Crippen LogP contribution >= 0.6 is 11.8 Å². The van der Waals surface area contributed by atoms with Gasteiger partial charge in [0, 0.05) is 18.8 Å². The van der Waals surface area contributed by atoms with Crippen LogP contribution in [0.25, 0.3) is 6.08 Å². The van der Waals surface area contributed by atoms with Crippen molar-refractivity contribution in [3.05, 3.63) is 34.7 Å². The van der Waals surface area contributed by atoms with Crippen LogP contribution < -0.4 is 4.90 Å². The van der Waals surface area contributed by atoms with E-state index in [0.717, 1.165) is 41.0 Å². The van der Waals surface area contributed by atoms with Crippen LogP contribution in [-0.2, 0) is 9.59 Å². The number of thioether (sulfide) groups is 1. The topological polar surface area (TPSA) is 77.9 Å². The lowest BCUT2D eigenvalue weighted by molar-refractivity contribution is -0.140. The highest BCUT2D eigenvalue weighted by Crippen LogP contribution is 2.32. The Kier molecular flexibility index (Phi) is 5.44. The Morgan fingerprint density at radius 2 is 1.83 bits per heavy atom. The molecule has 23 heavy (non-hydrogen) atoms. The summed E-state index contributed by atoms with van der Waals surface area (Å²) in [5.74, 6) is -1.77. The standard InChI is InChI=1S/C16H18N2O4S/c1-3-17(4-2)12-7-5-11(6-8-12)9-13-15(21)18(10-14(19)20)16(22)23-13/h5-9H,3-4,10H2,1-2H3,(H,19,20)/b13-9+. The van der Waals surface area contributed by atoms with E-state index in [1.807, 2.05) is 24.3 Å². The Balaban J connectivity index is 2.17. The van der Waals surface area contributed by atoms with E-state index in [1.54, 1.807) is 6.08 Å². The van der Waals surface area contributed by atoms with E-state index in [4.69, 9.17) is 5.11 Å². The zero-order chi connectivity index (χ0) is 17.0. The third-order valence-electron chi connectivity index (χ3n) is 3.49. The molecule has 0 atom stereocenters. The van der Waals surface area contributed by atoms with Crippen LogP contribution in [0.15, 0.2) is 29.2 Å². The highest BCUT2D eigenvalue weighted by molar-refractivity contribution is 8.18. The van der Waals surface area contributed by atoms with E-state index in [-0.39, 0.29) is 4.91 Å². The van der Waals surface area contributed by atoms with Gasteiger partial charge in [-0.15, -0.1) is 0 Å². The molecule has 1 saturated heterocycles. The van der Waals surface area contributed by atoms with Crippen molar-refractivity contribution in [2.75, 3.05) is 24.5 Å². The second-order valence-electron chi connectivity index (χ2n) is 4.93. The maximum absolute atomic E-state index is 12.1. The van der Waals surface area contributed by atoms with Crippen LogP contribution in [0.1, 0.15) is 19.4 Å². The first-order valence-electron chi connectivity index (χ1n) is 7.28. The molecule has 1 aromatic rings. The normalized spacial score (nSPS) is 16.3. The number of carbonyl (C=O) groups is 3. The average molecular weight is 334 g/mol. The molecule has 1 aliphatic rings. The number of carboxylic acids is 1. The van der Waals surface area contributed by atoms with Crippen molar-refractivity contribution >= 4 is 40.6 Å². The number of aliphatic carboxylic acids is 1. The number of nitrogens with zero attached hydrogens (tertiary/aromatic N) is 2. The summed E-state index contributed by atoms with van der Waals surface area (Å²) in [6.45, 7) is 5.36. The number of carbonyl (C=O) groups excluding carboxylic acids is 2. The summed E-state index contributed by atoms with van der Waals surface area (Å²) < 4.78 is 0. The van der Waals surface area contributed by atoms with Gasteiger partial charge in [0.1, 0.15) is 6.54 Å². The first-order valence-corrected chi connectivity index (χ1v) is 8.10. The highest BCUT2D eigenvalue weighted by atomic mass is 32.2. The van der Waals surface area contributed by atoms with Gasteiger partial charge in [0.25, 0.3) is 11.1 Å². The third-order valence-corrected chi connectivity index (χ3v) is 4.39. The Labute approximate surface area is 138 Å². The molecule has 0 saturated carbocycles. The van der Waals surface area contributed by atoms with Crippen LogP contribution in [0.4, 0.5) is 10.5 Å². The van der Waals surface area contributed by atoms with Gasteiger partial charge in [-0.3, -0.25) is 19.3 Å². The molecule has 0 aromatic heterocycles. The number of amides is 2. The van der Waals surface area contributed by atoms with Gasteiger partial charge in [-0.1, -0.05) is 12.1 Å². The fourth-order valence-electron chi connectivity index (χ4n) is 2.29.